The van der Waals surface area contributed by atoms with Gasteiger partial charge in [-0.1, -0.05) is 6.07 Å². The van der Waals surface area contributed by atoms with E-state index in [1.807, 2.05) is 6.07 Å². The van der Waals surface area contributed by atoms with Crippen LogP contribution >= 0.6 is 0 Å². The van der Waals surface area contributed by atoms with Crippen LogP contribution in [0.15, 0.2) is 12.1 Å². The van der Waals surface area contributed by atoms with Crippen LogP contribution in [0.3, 0.4) is 0 Å². The third kappa shape index (κ3) is 2.04. The molecule has 2 rings (SSSR count). The number of carbonyl (C=O) groups excluding carboxylic acids is 1. The maximum atomic E-state index is 10.9. The lowest BCUT2D eigenvalue weighted by Gasteiger charge is -2.08. The SMILES string of the molecule is CC(=O)CCc1ccc(O)c2c1CCC2. The van der Waals surface area contributed by atoms with E-state index in [1.165, 1.54) is 11.1 Å². The molecule has 0 spiro atoms. The lowest BCUT2D eigenvalue weighted by Crippen LogP contribution is -1.98. The Bertz CT molecular complexity index is 394. The molecule has 80 valence electrons. The van der Waals surface area contributed by atoms with Gasteiger partial charge in [-0.15, -0.1) is 0 Å². The molecular formula is C13H16O2. The summed E-state index contributed by atoms with van der Waals surface area (Å²) in [7, 11) is 0. The number of phenolic OH excluding ortho intramolecular Hbond substituents is 1. The summed E-state index contributed by atoms with van der Waals surface area (Å²) in [5.74, 6) is 0.656. The predicted molar refractivity (Wildman–Crippen MR) is 59.1 cm³/mol. The Morgan fingerprint density at radius 1 is 1.33 bits per heavy atom. The van der Waals surface area contributed by atoms with Crippen LogP contribution in [0, 0.1) is 0 Å². The number of rotatable bonds is 3. The summed E-state index contributed by atoms with van der Waals surface area (Å²) in [5.41, 5.74) is 3.64. The molecule has 1 aliphatic carbocycles. The highest BCUT2D eigenvalue weighted by Crippen LogP contribution is 2.32. The summed E-state index contributed by atoms with van der Waals surface area (Å²) in [4.78, 5) is 10.9. The zero-order valence-electron chi connectivity index (χ0n) is 9.05. The second-order valence-electron chi connectivity index (χ2n) is 4.26. The maximum Gasteiger partial charge on any atom is 0.130 e. The van der Waals surface area contributed by atoms with Crippen molar-refractivity contribution >= 4 is 5.78 Å². The summed E-state index contributed by atoms with van der Waals surface area (Å²) in [6.45, 7) is 1.63. The summed E-state index contributed by atoms with van der Waals surface area (Å²) < 4.78 is 0. The largest absolute Gasteiger partial charge is 0.508 e. The molecule has 0 radical (unpaired) electrons. The average molecular weight is 204 g/mol. The standard InChI is InChI=1S/C13H16O2/c1-9(14)5-6-10-7-8-13(15)12-4-2-3-11(10)12/h7-8,15H,2-6H2,1H3. The lowest BCUT2D eigenvalue weighted by molar-refractivity contribution is -0.116. The van der Waals surface area contributed by atoms with Crippen molar-refractivity contribution in [3.63, 3.8) is 0 Å². The van der Waals surface area contributed by atoms with Crippen molar-refractivity contribution in [2.45, 2.75) is 39.0 Å². The molecule has 2 nitrogen and oxygen atoms in total. The molecule has 1 aromatic rings. The molecule has 0 saturated carbocycles. The van der Waals surface area contributed by atoms with E-state index in [2.05, 4.69) is 0 Å². The van der Waals surface area contributed by atoms with Crippen LogP contribution in [-0.2, 0) is 24.1 Å². The number of fused-ring (bicyclic) bond motifs is 1. The van der Waals surface area contributed by atoms with Gasteiger partial charge in [0.05, 0.1) is 0 Å². The van der Waals surface area contributed by atoms with E-state index in [9.17, 15) is 9.90 Å². The lowest BCUT2D eigenvalue weighted by atomic mass is 9.98. The molecular weight excluding hydrogens is 188 g/mol. The Kier molecular flexibility index (Phi) is 2.76. The second kappa shape index (κ2) is 4.05. The maximum absolute atomic E-state index is 10.9. The second-order valence-corrected chi connectivity index (χ2v) is 4.26. The third-order valence-corrected chi connectivity index (χ3v) is 3.10. The van der Waals surface area contributed by atoms with Crippen LogP contribution in [0.25, 0.3) is 0 Å². The van der Waals surface area contributed by atoms with E-state index in [1.54, 1.807) is 13.0 Å². The summed E-state index contributed by atoms with van der Waals surface area (Å²) in [5, 5.41) is 9.67. The Balaban J connectivity index is 2.25. The van der Waals surface area contributed by atoms with Gasteiger partial charge in [0.15, 0.2) is 0 Å². The van der Waals surface area contributed by atoms with E-state index < -0.39 is 0 Å². The molecule has 0 unspecified atom stereocenters. The van der Waals surface area contributed by atoms with Crippen molar-refractivity contribution in [1.29, 1.82) is 0 Å². The molecule has 0 heterocycles. The topological polar surface area (TPSA) is 37.3 Å². The number of ketones is 1. The number of aromatic hydroxyl groups is 1. The fourth-order valence-corrected chi connectivity index (χ4v) is 2.31. The van der Waals surface area contributed by atoms with Crippen molar-refractivity contribution in [2.75, 3.05) is 0 Å². The zero-order valence-corrected chi connectivity index (χ0v) is 9.05. The van der Waals surface area contributed by atoms with Crippen LogP contribution < -0.4 is 0 Å². The molecule has 0 fully saturated rings. The molecule has 0 amide bonds. The molecule has 0 saturated heterocycles. The first-order chi connectivity index (χ1) is 7.18. The quantitative estimate of drug-likeness (QED) is 0.820. The fourth-order valence-electron chi connectivity index (χ4n) is 2.31. The van der Waals surface area contributed by atoms with E-state index in [0.717, 1.165) is 31.2 Å². The Hall–Kier alpha value is -1.31. The first-order valence-electron chi connectivity index (χ1n) is 5.50. The summed E-state index contributed by atoms with van der Waals surface area (Å²) in [6.07, 6.45) is 4.58. The molecule has 0 bridgehead atoms. The monoisotopic (exact) mass is 204 g/mol. The van der Waals surface area contributed by atoms with E-state index >= 15 is 0 Å². The Labute approximate surface area is 89.9 Å². The third-order valence-electron chi connectivity index (χ3n) is 3.10. The molecule has 0 aromatic heterocycles. The minimum atomic E-state index is 0.231. The van der Waals surface area contributed by atoms with E-state index in [-0.39, 0.29) is 5.78 Å². The number of hydrogen-bond acceptors (Lipinski definition) is 2. The van der Waals surface area contributed by atoms with Crippen LogP contribution in [0.4, 0.5) is 0 Å². The van der Waals surface area contributed by atoms with Crippen LogP contribution in [0.1, 0.15) is 36.5 Å². The zero-order chi connectivity index (χ0) is 10.8. The molecule has 0 aliphatic heterocycles. The van der Waals surface area contributed by atoms with Crippen molar-refractivity contribution in [2.24, 2.45) is 0 Å². The van der Waals surface area contributed by atoms with Gasteiger partial charge in [-0.25, -0.2) is 0 Å². The number of carbonyl (C=O) groups is 1. The normalized spacial score (nSPS) is 13.9. The van der Waals surface area contributed by atoms with Gasteiger partial charge in [-0.2, -0.15) is 0 Å². The highest BCUT2D eigenvalue weighted by molar-refractivity contribution is 5.75. The minimum Gasteiger partial charge on any atom is -0.508 e. The van der Waals surface area contributed by atoms with Crippen molar-refractivity contribution in [3.8, 4) is 5.75 Å². The van der Waals surface area contributed by atoms with Gasteiger partial charge in [0.1, 0.15) is 11.5 Å². The minimum absolute atomic E-state index is 0.231. The van der Waals surface area contributed by atoms with Crippen LogP contribution in [0.2, 0.25) is 0 Å². The molecule has 1 N–H and O–H groups in total. The first kappa shape index (κ1) is 10.2. The molecule has 15 heavy (non-hydrogen) atoms. The van der Waals surface area contributed by atoms with Gasteiger partial charge in [0.2, 0.25) is 0 Å². The number of phenols is 1. The fraction of sp³-hybridized carbons (Fsp3) is 0.462. The van der Waals surface area contributed by atoms with Crippen molar-refractivity contribution < 1.29 is 9.90 Å². The van der Waals surface area contributed by atoms with Gasteiger partial charge in [-0.3, -0.25) is 0 Å². The summed E-state index contributed by atoms with van der Waals surface area (Å²) in [6, 6.07) is 3.72. The molecule has 2 heteroatoms. The highest BCUT2D eigenvalue weighted by atomic mass is 16.3. The van der Waals surface area contributed by atoms with Gasteiger partial charge in [0, 0.05) is 6.42 Å². The van der Waals surface area contributed by atoms with Crippen molar-refractivity contribution in [1.82, 2.24) is 0 Å². The molecule has 1 aromatic carbocycles. The number of aryl methyl sites for hydroxylation is 1. The van der Waals surface area contributed by atoms with Gasteiger partial charge in [-0.05, 0) is 55.4 Å². The average Bonchev–Trinajstić information content (AvgIpc) is 2.66. The smallest absolute Gasteiger partial charge is 0.130 e. The first-order valence-corrected chi connectivity index (χ1v) is 5.50. The van der Waals surface area contributed by atoms with Crippen molar-refractivity contribution in [3.05, 3.63) is 28.8 Å². The summed E-state index contributed by atoms with van der Waals surface area (Å²) >= 11 is 0. The van der Waals surface area contributed by atoms with Gasteiger partial charge in [0.25, 0.3) is 0 Å². The number of Topliss-reactive ketones (excluding diaryl/α,β-unsaturated/α-hetero) is 1. The Morgan fingerprint density at radius 2 is 2.07 bits per heavy atom. The van der Waals surface area contributed by atoms with Crippen LogP contribution in [-0.4, -0.2) is 10.9 Å². The van der Waals surface area contributed by atoms with Gasteiger partial charge >= 0.3 is 0 Å². The molecule has 1 aliphatic rings. The Morgan fingerprint density at radius 3 is 2.80 bits per heavy atom. The van der Waals surface area contributed by atoms with E-state index in [0.29, 0.717) is 12.2 Å². The number of benzene rings is 1. The highest BCUT2D eigenvalue weighted by Gasteiger charge is 2.18. The number of hydrogen-bond donors (Lipinski definition) is 1. The van der Waals surface area contributed by atoms with Crippen LogP contribution in [0.5, 0.6) is 5.75 Å². The van der Waals surface area contributed by atoms with E-state index in [4.69, 9.17) is 0 Å². The molecule has 0 atom stereocenters. The van der Waals surface area contributed by atoms with Gasteiger partial charge < -0.3 is 9.90 Å². The predicted octanol–water partition coefficient (Wildman–Crippen LogP) is 2.40.